The Balaban J connectivity index is 1.82. The van der Waals surface area contributed by atoms with E-state index in [1.165, 1.54) is 0 Å². The van der Waals surface area contributed by atoms with Gasteiger partial charge < -0.3 is 24.3 Å². The predicted octanol–water partition coefficient (Wildman–Crippen LogP) is 1.91. The monoisotopic (exact) mass is 293 g/mol. The summed E-state index contributed by atoms with van der Waals surface area (Å²) in [6, 6.07) is 6.24. The standard InChI is InChI=1S/C16H23NO4/c1-2-17-16(15-11-18-8-9-21-15)12-4-5-13-14(10-12)20-7-3-6-19-13/h4-5,10,15-17H,2-3,6-9,11H2,1H3. The molecule has 1 saturated heterocycles. The van der Waals surface area contributed by atoms with Gasteiger partial charge in [-0.25, -0.2) is 0 Å². The fourth-order valence-corrected chi connectivity index (χ4v) is 2.76. The Morgan fingerprint density at radius 2 is 2.00 bits per heavy atom. The first-order valence-corrected chi connectivity index (χ1v) is 7.70. The first kappa shape index (κ1) is 14.6. The van der Waals surface area contributed by atoms with E-state index in [-0.39, 0.29) is 12.1 Å². The van der Waals surface area contributed by atoms with Crippen LogP contribution in [0.5, 0.6) is 11.5 Å². The molecule has 0 saturated carbocycles. The Hall–Kier alpha value is -1.30. The van der Waals surface area contributed by atoms with E-state index in [1.54, 1.807) is 0 Å². The fraction of sp³-hybridized carbons (Fsp3) is 0.625. The van der Waals surface area contributed by atoms with E-state index in [0.717, 1.165) is 30.0 Å². The molecule has 2 unspecified atom stereocenters. The van der Waals surface area contributed by atoms with Gasteiger partial charge in [0.15, 0.2) is 11.5 Å². The van der Waals surface area contributed by atoms with Gasteiger partial charge in [-0.3, -0.25) is 0 Å². The van der Waals surface area contributed by atoms with Crippen LogP contribution in [-0.4, -0.2) is 45.7 Å². The second kappa shape index (κ2) is 7.11. The normalized spacial score (nSPS) is 23.4. The maximum absolute atomic E-state index is 5.86. The zero-order chi connectivity index (χ0) is 14.5. The van der Waals surface area contributed by atoms with E-state index in [2.05, 4.69) is 24.4 Å². The van der Waals surface area contributed by atoms with Gasteiger partial charge in [0.2, 0.25) is 0 Å². The molecular weight excluding hydrogens is 270 g/mol. The lowest BCUT2D eigenvalue weighted by Crippen LogP contribution is -2.40. The zero-order valence-electron chi connectivity index (χ0n) is 12.5. The van der Waals surface area contributed by atoms with Crippen molar-refractivity contribution in [2.45, 2.75) is 25.5 Å². The molecule has 5 heteroatoms. The molecule has 0 bridgehead atoms. The average Bonchev–Trinajstić information content (AvgIpc) is 2.78. The van der Waals surface area contributed by atoms with Crippen molar-refractivity contribution in [2.75, 3.05) is 39.6 Å². The smallest absolute Gasteiger partial charge is 0.161 e. The molecule has 1 aromatic rings. The molecule has 1 N–H and O–H groups in total. The summed E-state index contributed by atoms with van der Waals surface area (Å²) in [6.07, 6.45) is 0.948. The van der Waals surface area contributed by atoms with E-state index < -0.39 is 0 Å². The second-order valence-electron chi connectivity index (χ2n) is 5.28. The first-order valence-electron chi connectivity index (χ1n) is 7.70. The van der Waals surface area contributed by atoms with Crippen LogP contribution in [0.3, 0.4) is 0 Å². The van der Waals surface area contributed by atoms with Crippen LogP contribution in [0, 0.1) is 0 Å². The van der Waals surface area contributed by atoms with Gasteiger partial charge in [-0.05, 0) is 24.2 Å². The highest BCUT2D eigenvalue weighted by Gasteiger charge is 2.27. The molecule has 3 rings (SSSR count). The number of rotatable bonds is 4. The number of hydrogen-bond acceptors (Lipinski definition) is 5. The van der Waals surface area contributed by atoms with Crippen molar-refractivity contribution >= 4 is 0 Å². The third-order valence-corrected chi connectivity index (χ3v) is 3.77. The average molecular weight is 293 g/mol. The molecule has 5 nitrogen and oxygen atoms in total. The largest absolute Gasteiger partial charge is 0.490 e. The number of benzene rings is 1. The van der Waals surface area contributed by atoms with Crippen molar-refractivity contribution in [1.29, 1.82) is 0 Å². The molecule has 2 atom stereocenters. The van der Waals surface area contributed by atoms with Gasteiger partial charge in [0.1, 0.15) is 6.10 Å². The maximum Gasteiger partial charge on any atom is 0.161 e. The maximum atomic E-state index is 5.86. The number of likely N-dealkylation sites (N-methyl/N-ethyl adjacent to an activating group) is 1. The molecule has 0 aromatic heterocycles. The van der Waals surface area contributed by atoms with Crippen molar-refractivity contribution < 1.29 is 18.9 Å². The van der Waals surface area contributed by atoms with Gasteiger partial charge in [0, 0.05) is 6.42 Å². The molecular formula is C16H23NO4. The molecule has 2 heterocycles. The number of nitrogens with one attached hydrogen (secondary N) is 1. The molecule has 116 valence electrons. The minimum absolute atomic E-state index is 0.0310. The van der Waals surface area contributed by atoms with E-state index >= 15 is 0 Å². The minimum Gasteiger partial charge on any atom is -0.490 e. The van der Waals surface area contributed by atoms with Crippen molar-refractivity contribution in [2.24, 2.45) is 0 Å². The van der Waals surface area contributed by atoms with Crippen molar-refractivity contribution in [3.8, 4) is 11.5 Å². The molecule has 0 radical (unpaired) electrons. The van der Waals surface area contributed by atoms with Crippen LogP contribution in [0.4, 0.5) is 0 Å². The van der Waals surface area contributed by atoms with Crippen LogP contribution < -0.4 is 14.8 Å². The third-order valence-electron chi connectivity index (χ3n) is 3.77. The fourth-order valence-electron chi connectivity index (χ4n) is 2.76. The van der Waals surface area contributed by atoms with Gasteiger partial charge in [-0.1, -0.05) is 13.0 Å². The highest BCUT2D eigenvalue weighted by molar-refractivity contribution is 5.44. The summed E-state index contributed by atoms with van der Waals surface area (Å²) in [5.41, 5.74) is 1.15. The van der Waals surface area contributed by atoms with Crippen LogP contribution in [0.25, 0.3) is 0 Å². The van der Waals surface area contributed by atoms with Crippen LogP contribution in [0.15, 0.2) is 18.2 Å². The summed E-state index contributed by atoms with van der Waals surface area (Å²) < 4.78 is 22.9. The SMILES string of the molecule is CCNC(c1ccc2c(c1)OCCCO2)C1COCCO1. The zero-order valence-corrected chi connectivity index (χ0v) is 12.5. The van der Waals surface area contributed by atoms with E-state index in [4.69, 9.17) is 18.9 Å². The number of ether oxygens (including phenoxy) is 4. The summed E-state index contributed by atoms with van der Waals surface area (Å²) in [4.78, 5) is 0. The van der Waals surface area contributed by atoms with E-state index in [1.807, 2.05) is 6.07 Å². The summed E-state index contributed by atoms with van der Waals surface area (Å²) in [5, 5.41) is 3.49. The van der Waals surface area contributed by atoms with Crippen LogP contribution in [-0.2, 0) is 9.47 Å². The van der Waals surface area contributed by atoms with Crippen molar-refractivity contribution in [3.05, 3.63) is 23.8 Å². The molecule has 1 fully saturated rings. The molecule has 2 aliphatic heterocycles. The van der Waals surface area contributed by atoms with Crippen LogP contribution in [0.2, 0.25) is 0 Å². The lowest BCUT2D eigenvalue weighted by atomic mass is 10.0. The third kappa shape index (κ3) is 3.48. The minimum atomic E-state index is 0.0310. The topological polar surface area (TPSA) is 49.0 Å². The summed E-state index contributed by atoms with van der Waals surface area (Å²) in [6.45, 7) is 6.33. The predicted molar refractivity (Wildman–Crippen MR) is 79.0 cm³/mol. The second-order valence-corrected chi connectivity index (χ2v) is 5.28. The Labute approximate surface area is 125 Å². The molecule has 2 aliphatic rings. The summed E-state index contributed by atoms with van der Waals surface area (Å²) in [7, 11) is 0. The van der Waals surface area contributed by atoms with E-state index in [9.17, 15) is 0 Å². The lowest BCUT2D eigenvalue weighted by Gasteiger charge is -2.31. The molecule has 0 spiro atoms. The van der Waals surface area contributed by atoms with Gasteiger partial charge in [0.25, 0.3) is 0 Å². The highest BCUT2D eigenvalue weighted by Crippen LogP contribution is 2.33. The Bertz CT molecular complexity index is 460. The van der Waals surface area contributed by atoms with Crippen molar-refractivity contribution in [3.63, 3.8) is 0 Å². The van der Waals surface area contributed by atoms with E-state index in [0.29, 0.717) is 33.0 Å². The molecule has 1 aromatic carbocycles. The Morgan fingerprint density at radius 1 is 1.14 bits per heavy atom. The summed E-state index contributed by atoms with van der Waals surface area (Å²) >= 11 is 0. The van der Waals surface area contributed by atoms with Gasteiger partial charge in [-0.15, -0.1) is 0 Å². The van der Waals surface area contributed by atoms with Crippen LogP contribution in [0.1, 0.15) is 24.9 Å². The summed E-state index contributed by atoms with van der Waals surface area (Å²) in [5.74, 6) is 1.65. The van der Waals surface area contributed by atoms with Crippen molar-refractivity contribution in [1.82, 2.24) is 5.32 Å². The molecule has 0 aliphatic carbocycles. The Kier molecular flexibility index (Phi) is 4.95. The number of fused-ring (bicyclic) bond motifs is 1. The van der Waals surface area contributed by atoms with Gasteiger partial charge in [0.05, 0.1) is 39.1 Å². The molecule has 21 heavy (non-hydrogen) atoms. The highest BCUT2D eigenvalue weighted by atomic mass is 16.6. The molecule has 0 amide bonds. The lowest BCUT2D eigenvalue weighted by molar-refractivity contribution is -0.102. The van der Waals surface area contributed by atoms with Gasteiger partial charge in [-0.2, -0.15) is 0 Å². The van der Waals surface area contributed by atoms with Crippen LogP contribution >= 0.6 is 0 Å². The Morgan fingerprint density at radius 3 is 2.76 bits per heavy atom. The first-order chi connectivity index (χ1) is 10.4. The number of hydrogen-bond donors (Lipinski definition) is 1. The van der Waals surface area contributed by atoms with Gasteiger partial charge >= 0.3 is 0 Å². The quantitative estimate of drug-likeness (QED) is 0.919.